The first kappa shape index (κ1) is 28.0. The number of hydrogen-bond acceptors (Lipinski definition) is 5. The first-order valence-electron chi connectivity index (χ1n) is 11.4. The molecule has 3 rings (SSSR count). The van der Waals surface area contributed by atoms with Gasteiger partial charge in [0.15, 0.2) is 11.0 Å². The Balaban J connectivity index is 1.77. The number of aromatic nitrogens is 3. The minimum Gasteiger partial charge on any atom is -0.342 e. The fourth-order valence-electron chi connectivity index (χ4n) is 3.57. The number of rotatable bonds is 10. The maximum absolute atomic E-state index is 13.0. The predicted octanol–water partition coefficient (Wildman–Crippen LogP) is 6.35. The summed E-state index contributed by atoms with van der Waals surface area (Å²) in [5, 5.41) is 15.7. The van der Waals surface area contributed by atoms with Crippen molar-refractivity contribution in [3.8, 4) is 0 Å². The second-order valence-corrected chi connectivity index (χ2v) is 10.8. The van der Waals surface area contributed by atoms with E-state index < -0.39 is 6.04 Å². The van der Waals surface area contributed by atoms with Gasteiger partial charge in [0.05, 0.1) is 22.4 Å². The molecule has 1 aromatic heterocycles. The van der Waals surface area contributed by atoms with E-state index in [4.69, 9.17) is 11.6 Å². The van der Waals surface area contributed by atoms with Crippen LogP contribution in [0.25, 0.3) is 0 Å². The first-order valence-corrected chi connectivity index (χ1v) is 13.6. The van der Waals surface area contributed by atoms with Crippen LogP contribution < -0.4 is 10.6 Å². The van der Waals surface area contributed by atoms with E-state index >= 15 is 0 Å². The number of nitrogens with zero attached hydrogens (tertiary/aromatic N) is 3. The summed E-state index contributed by atoms with van der Waals surface area (Å²) in [6.45, 7) is 12.2. The number of anilines is 1. The first-order chi connectivity index (χ1) is 17.1. The fraction of sp³-hybridized carbons (Fsp3) is 0.308. The highest BCUT2D eigenvalue weighted by Crippen LogP contribution is 2.28. The van der Waals surface area contributed by atoms with E-state index in [2.05, 4.69) is 43.3 Å². The number of hydrogen-bond donors (Lipinski definition) is 2. The number of carbonyl (C=O) groups excluding carboxylic acids is 2. The van der Waals surface area contributed by atoms with Crippen LogP contribution in [0.5, 0.6) is 0 Å². The molecule has 10 heteroatoms. The summed E-state index contributed by atoms with van der Waals surface area (Å²) >= 11 is 11.0. The molecule has 2 amide bonds. The molecule has 3 aromatic rings. The largest absolute Gasteiger partial charge is 0.342 e. The van der Waals surface area contributed by atoms with Crippen LogP contribution in [0.15, 0.2) is 58.7 Å². The third-order valence-corrected chi connectivity index (χ3v) is 7.89. The molecule has 2 aromatic carbocycles. The van der Waals surface area contributed by atoms with Crippen molar-refractivity contribution in [1.29, 1.82) is 0 Å². The van der Waals surface area contributed by atoms with Gasteiger partial charge in [-0.3, -0.25) is 9.59 Å². The van der Waals surface area contributed by atoms with Gasteiger partial charge in [-0.2, -0.15) is 0 Å². The number of amides is 2. The van der Waals surface area contributed by atoms with E-state index in [9.17, 15) is 9.59 Å². The lowest BCUT2D eigenvalue weighted by atomic mass is 10.0. The zero-order valence-corrected chi connectivity index (χ0v) is 23.8. The van der Waals surface area contributed by atoms with Crippen LogP contribution in [0.3, 0.4) is 0 Å². The van der Waals surface area contributed by atoms with Crippen LogP contribution >= 0.6 is 39.3 Å². The number of thioether (sulfide) groups is 1. The average molecular weight is 591 g/mol. The maximum atomic E-state index is 13.0. The Morgan fingerprint density at radius 2 is 1.89 bits per heavy atom. The van der Waals surface area contributed by atoms with E-state index in [-0.39, 0.29) is 23.5 Å². The van der Waals surface area contributed by atoms with Crippen molar-refractivity contribution >= 4 is 56.8 Å². The van der Waals surface area contributed by atoms with Crippen molar-refractivity contribution < 1.29 is 9.59 Å². The molecule has 0 saturated carbocycles. The van der Waals surface area contributed by atoms with Crippen LogP contribution in [0.2, 0.25) is 5.02 Å². The van der Waals surface area contributed by atoms with Crippen molar-refractivity contribution in [3.63, 3.8) is 0 Å². The Hall–Kier alpha value is -2.62. The standard InChI is InChI=1S/C26H29BrClN5O2S/c1-6-13-33-24(23(15(2)3)30-25(35)18-9-7-8-10-20(18)28)31-32-26(33)36-14-22(34)29-21-12-11-19(27)16(4)17(21)5/h6-12,15,23H,1,13-14H2,2-5H3,(H,29,34)(H,30,35)/t23-/m1/s1. The van der Waals surface area contributed by atoms with Crippen LogP contribution in [-0.4, -0.2) is 32.3 Å². The second kappa shape index (κ2) is 12.6. The predicted molar refractivity (Wildman–Crippen MR) is 150 cm³/mol. The summed E-state index contributed by atoms with van der Waals surface area (Å²) < 4.78 is 2.87. The normalized spacial score (nSPS) is 11.9. The summed E-state index contributed by atoms with van der Waals surface area (Å²) in [5.74, 6) is 0.331. The van der Waals surface area contributed by atoms with Gasteiger partial charge in [0, 0.05) is 16.7 Å². The highest BCUT2D eigenvalue weighted by molar-refractivity contribution is 9.10. The molecule has 2 N–H and O–H groups in total. The monoisotopic (exact) mass is 589 g/mol. The van der Waals surface area contributed by atoms with Crippen LogP contribution in [-0.2, 0) is 11.3 Å². The van der Waals surface area contributed by atoms with E-state index in [1.165, 1.54) is 11.8 Å². The summed E-state index contributed by atoms with van der Waals surface area (Å²) in [7, 11) is 0. The van der Waals surface area contributed by atoms with Gasteiger partial charge >= 0.3 is 0 Å². The summed E-state index contributed by atoms with van der Waals surface area (Å²) in [4.78, 5) is 25.7. The minimum absolute atomic E-state index is 0.0222. The third-order valence-electron chi connectivity index (χ3n) is 5.73. The fourth-order valence-corrected chi connectivity index (χ4v) is 4.98. The van der Waals surface area contributed by atoms with Gasteiger partial charge in [-0.15, -0.1) is 16.8 Å². The summed E-state index contributed by atoms with van der Waals surface area (Å²) in [6, 6.07) is 10.3. The SMILES string of the molecule is C=CCn1c(SCC(=O)Nc2ccc(Br)c(C)c2C)nnc1[C@H](NC(=O)c1ccccc1Cl)C(C)C. The van der Waals surface area contributed by atoms with Gasteiger partial charge in [-0.05, 0) is 55.2 Å². The Kier molecular flexibility index (Phi) is 9.76. The van der Waals surface area contributed by atoms with Crippen molar-refractivity contribution in [2.75, 3.05) is 11.1 Å². The molecule has 7 nitrogen and oxygen atoms in total. The molecule has 1 atom stereocenters. The molecular formula is C26H29BrClN5O2S. The van der Waals surface area contributed by atoms with Gasteiger partial charge in [0.1, 0.15) is 0 Å². The topological polar surface area (TPSA) is 88.9 Å². The van der Waals surface area contributed by atoms with Gasteiger partial charge < -0.3 is 15.2 Å². The Morgan fingerprint density at radius 1 is 1.17 bits per heavy atom. The van der Waals surface area contributed by atoms with Gasteiger partial charge in [0.25, 0.3) is 5.91 Å². The smallest absolute Gasteiger partial charge is 0.253 e. The number of nitrogens with one attached hydrogen (secondary N) is 2. The molecule has 0 spiro atoms. The number of carbonyl (C=O) groups is 2. The summed E-state index contributed by atoms with van der Waals surface area (Å²) in [5.41, 5.74) is 3.25. The lowest BCUT2D eigenvalue weighted by molar-refractivity contribution is -0.113. The Bertz CT molecular complexity index is 1280. The highest BCUT2D eigenvalue weighted by Gasteiger charge is 2.27. The summed E-state index contributed by atoms with van der Waals surface area (Å²) in [6.07, 6.45) is 1.73. The van der Waals surface area contributed by atoms with Gasteiger partial charge in [-0.25, -0.2) is 0 Å². The molecule has 0 aliphatic heterocycles. The molecule has 36 heavy (non-hydrogen) atoms. The van der Waals surface area contributed by atoms with Crippen molar-refractivity contribution in [2.24, 2.45) is 5.92 Å². The molecular weight excluding hydrogens is 562 g/mol. The Labute approximate surface area is 229 Å². The number of benzene rings is 2. The molecule has 0 saturated heterocycles. The average Bonchev–Trinajstić information content (AvgIpc) is 3.23. The maximum Gasteiger partial charge on any atom is 0.253 e. The lowest BCUT2D eigenvalue weighted by Crippen LogP contribution is -2.34. The van der Waals surface area contributed by atoms with Gasteiger partial charge in [-0.1, -0.05) is 71.3 Å². The van der Waals surface area contributed by atoms with Crippen molar-refractivity contribution in [1.82, 2.24) is 20.1 Å². The number of allylic oxidation sites excluding steroid dienone is 1. The Morgan fingerprint density at radius 3 is 2.56 bits per heavy atom. The minimum atomic E-state index is -0.419. The quantitative estimate of drug-likeness (QED) is 0.212. The lowest BCUT2D eigenvalue weighted by Gasteiger charge is -2.23. The molecule has 0 aliphatic rings. The molecule has 0 unspecified atom stereocenters. The number of halogens is 2. The third kappa shape index (κ3) is 6.57. The van der Waals surface area contributed by atoms with E-state index in [1.54, 1.807) is 30.3 Å². The molecule has 0 aliphatic carbocycles. The second-order valence-electron chi connectivity index (χ2n) is 8.60. The van der Waals surface area contributed by atoms with Crippen LogP contribution in [0.4, 0.5) is 5.69 Å². The van der Waals surface area contributed by atoms with Crippen molar-refractivity contribution in [3.05, 3.63) is 81.1 Å². The van der Waals surface area contributed by atoms with E-state index in [1.807, 2.05) is 44.4 Å². The molecule has 0 fully saturated rings. The highest BCUT2D eigenvalue weighted by atomic mass is 79.9. The van der Waals surface area contributed by atoms with E-state index in [0.717, 1.165) is 21.3 Å². The zero-order chi connectivity index (χ0) is 26.4. The van der Waals surface area contributed by atoms with Crippen LogP contribution in [0.1, 0.15) is 47.2 Å². The molecule has 0 bridgehead atoms. The van der Waals surface area contributed by atoms with Gasteiger partial charge in [0.2, 0.25) is 5.91 Å². The van der Waals surface area contributed by atoms with E-state index in [0.29, 0.717) is 28.1 Å². The molecule has 0 radical (unpaired) electrons. The zero-order valence-electron chi connectivity index (χ0n) is 20.6. The molecule has 1 heterocycles. The molecule has 190 valence electrons. The van der Waals surface area contributed by atoms with Crippen LogP contribution in [0, 0.1) is 19.8 Å². The van der Waals surface area contributed by atoms with Crippen molar-refractivity contribution in [2.45, 2.75) is 45.4 Å².